The van der Waals surface area contributed by atoms with Crippen molar-refractivity contribution in [3.8, 4) is 0 Å². The van der Waals surface area contributed by atoms with Crippen molar-refractivity contribution < 1.29 is 4.74 Å². The Morgan fingerprint density at radius 2 is 2.53 bits per heavy atom. The van der Waals surface area contributed by atoms with E-state index in [2.05, 4.69) is 22.2 Å². The average molecular weight is 226 g/mol. The fourth-order valence-corrected chi connectivity index (χ4v) is 2.73. The van der Waals surface area contributed by atoms with Crippen molar-refractivity contribution in [3.05, 3.63) is 16.1 Å². The van der Waals surface area contributed by atoms with E-state index in [1.54, 1.807) is 11.3 Å². The maximum atomic E-state index is 5.76. The van der Waals surface area contributed by atoms with Gasteiger partial charge in [0.25, 0.3) is 0 Å². The zero-order valence-corrected chi connectivity index (χ0v) is 10.2. The maximum absolute atomic E-state index is 5.76. The van der Waals surface area contributed by atoms with Gasteiger partial charge in [-0.05, 0) is 19.9 Å². The van der Waals surface area contributed by atoms with Gasteiger partial charge in [-0.1, -0.05) is 6.92 Å². The second-order valence-electron chi connectivity index (χ2n) is 3.99. The van der Waals surface area contributed by atoms with Crippen LogP contribution in [0.25, 0.3) is 0 Å². The van der Waals surface area contributed by atoms with Gasteiger partial charge in [-0.2, -0.15) is 0 Å². The summed E-state index contributed by atoms with van der Waals surface area (Å²) in [6, 6.07) is 0. The fourth-order valence-electron chi connectivity index (χ4n) is 1.89. The Bertz CT molecular complexity index is 311. The highest BCUT2D eigenvalue weighted by Gasteiger charge is 2.23. The number of morpholine rings is 1. The van der Waals surface area contributed by atoms with E-state index in [9.17, 15) is 0 Å². The van der Waals surface area contributed by atoms with E-state index in [-0.39, 0.29) is 6.10 Å². The Hall–Kier alpha value is -0.450. The Morgan fingerprint density at radius 3 is 3.20 bits per heavy atom. The number of rotatable bonds is 3. The van der Waals surface area contributed by atoms with E-state index in [0.717, 1.165) is 30.4 Å². The van der Waals surface area contributed by atoms with Crippen molar-refractivity contribution in [1.29, 1.82) is 0 Å². The molecule has 3 nitrogen and oxygen atoms in total. The molecule has 4 heteroatoms. The third-order valence-electron chi connectivity index (χ3n) is 2.60. The molecular weight excluding hydrogens is 208 g/mol. The van der Waals surface area contributed by atoms with Gasteiger partial charge in [0.2, 0.25) is 0 Å². The molecule has 2 rings (SSSR count). The predicted octanol–water partition coefficient (Wildman–Crippen LogP) is 2.23. The summed E-state index contributed by atoms with van der Waals surface area (Å²) in [7, 11) is 0. The van der Waals surface area contributed by atoms with Gasteiger partial charge < -0.3 is 4.74 Å². The minimum atomic E-state index is 0.198. The van der Waals surface area contributed by atoms with Crippen LogP contribution in [0.1, 0.15) is 30.2 Å². The summed E-state index contributed by atoms with van der Waals surface area (Å²) in [4.78, 5) is 6.96. The summed E-state index contributed by atoms with van der Waals surface area (Å²) in [5.74, 6) is 0. The van der Waals surface area contributed by atoms with Gasteiger partial charge in [0, 0.05) is 24.2 Å². The SMILES string of the molecule is CCCN1CCOC(c2nc(C)cs2)C1. The zero-order chi connectivity index (χ0) is 10.7. The van der Waals surface area contributed by atoms with Crippen LogP contribution in [0.4, 0.5) is 0 Å². The molecule has 1 unspecified atom stereocenters. The van der Waals surface area contributed by atoms with Crippen LogP contribution in [-0.4, -0.2) is 36.1 Å². The molecule has 0 aromatic carbocycles. The summed E-state index contributed by atoms with van der Waals surface area (Å²) in [5, 5.41) is 3.23. The summed E-state index contributed by atoms with van der Waals surface area (Å²) >= 11 is 1.71. The molecule has 1 atom stereocenters. The highest BCUT2D eigenvalue weighted by molar-refractivity contribution is 7.09. The first-order chi connectivity index (χ1) is 7.29. The van der Waals surface area contributed by atoms with Gasteiger partial charge in [-0.15, -0.1) is 11.3 Å². The van der Waals surface area contributed by atoms with Crippen molar-refractivity contribution in [3.63, 3.8) is 0 Å². The standard InChI is InChI=1S/C11H18N2OS/c1-3-4-13-5-6-14-10(7-13)11-12-9(2)8-15-11/h8,10H,3-7H2,1-2H3. The van der Waals surface area contributed by atoms with Crippen LogP contribution in [0.5, 0.6) is 0 Å². The van der Waals surface area contributed by atoms with Gasteiger partial charge >= 0.3 is 0 Å². The molecule has 1 aliphatic heterocycles. The zero-order valence-electron chi connectivity index (χ0n) is 9.40. The summed E-state index contributed by atoms with van der Waals surface area (Å²) in [6.45, 7) is 8.33. The lowest BCUT2D eigenvalue weighted by Gasteiger charge is -2.31. The summed E-state index contributed by atoms with van der Waals surface area (Å²) in [5.41, 5.74) is 1.10. The molecule has 1 saturated heterocycles. The van der Waals surface area contributed by atoms with E-state index >= 15 is 0 Å². The molecule has 84 valence electrons. The van der Waals surface area contributed by atoms with Crippen LogP contribution in [0.15, 0.2) is 5.38 Å². The van der Waals surface area contributed by atoms with Gasteiger partial charge in [0.05, 0.1) is 6.61 Å². The van der Waals surface area contributed by atoms with Crippen LogP contribution in [-0.2, 0) is 4.74 Å². The third-order valence-corrected chi connectivity index (χ3v) is 3.66. The van der Waals surface area contributed by atoms with E-state index in [4.69, 9.17) is 4.74 Å². The highest BCUT2D eigenvalue weighted by Crippen LogP contribution is 2.25. The van der Waals surface area contributed by atoms with Gasteiger partial charge in [-0.3, -0.25) is 4.90 Å². The second-order valence-corrected chi connectivity index (χ2v) is 4.88. The normalized spacial score (nSPS) is 23.2. The fraction of sp³-hybridized carbons (Fsp3) is 0.727. The van der Waals surface area contributed by atoms with Crippen molar-refractivity contribution in [2.75, 3.05) is 26.2 Å². The molecule has 0 bridgehead atoms. The molecule has 0 amide bonds. The van der Waals surface area contributed by atoms with Gasteiger partial charge in [-0.25, -0.2) is 4.98 Å². The molecule has 1 aliphatic rings. The van der Waals surface area contributed by atoms with E-state index in [1.165, 1.54) is 13.0 Å². The van der Waals surface area contributed by atoms with Crippen LogP contribution in [0.3, 0.4) is 0 Å². The Kier molecular flexibility index (Phi) is 3.72. The van der Waals surface area contributed by atoms with E-state index in [0.29, 0.717) is 0 Å². The topological polar surface area (TPSA) is 25.4 Å². The maximum Gasteiger partial charge on any atom is 0.123 e. The predicted molar refractivity (Wildman–Crippen MR) is 62.3 cm³/mol. The number of hydrogen-bond acceptors (Lipinski definition) is 4. The lowest BCUT2D eigenvalue weighted by Crippen LogP contribution is -2.38. The minimum absolute atomic E-state index is 0.198. The molecule has 0 aliphatic carbocycles. The Morgan fingerprint density at radius 1 is 1.67 bits per heavy atom. The average Bonchev–Trinajstić information content (AvgIpc) is 2.66. The molecule has 15 heavy (non-hydrogen) atoms. The lowest BCUT2D eigenvalue weighted by atomic mass is 10.2. The lowest BCUT2D eigenvalue weighted by molar-refractivity contribution is -0.0299. The molecular formula is C11H18N2OS. The molecule has 0 spiro atoms. The van der Waals surface area contributed by atoms with Crippen LogP contribution in [0, 0.1) is 6.92 Å². The van der Waals surface area contributed by atoms with Crippen LogP contribution < -0.4 is 0 Å². The molecule has 0 saturated carbocycles. The van der Waals surface area contributed by atoms with Crippen LogP contribution >= 0.6 is 11.3 Å². The van der Waals surface area contributed by atoms with Crippen LogP contribution in [0.2, 0.25) is 0 Å². The van der Waals surface area contributed by atoms with Gasteiger partial charge in [0.15, 0.2) is 0 Å². The molecule has 1 aromatic rings. The summed E-state index contributed by atoms with van der Waals surface area (Å²) in [6.07, 6.45) is 1.41. The quantitative estimate of drug-likeness (QED) is 0.790. The van der Waals surface area contributed by atoms with Crippen molar-refractivity contribution in [1.82, 2.24) is 9.88 Å². The Balaban J connectivity index is 1.98. The van der Waals surface area contributed by atoms with E-state index in [1.807, 2.05) is 6.92 Å². The first-order valence-electron chi connectivity index (χ1n) is 5.55. The number of thiazole rings is 1. The Labute approximate surface area is 95.1 Å². The summed E-state index contributed by atoms with van der Waals surface area (Å²) < 4.78 is 5.76. The highest BCUT2D eigenvalue weighted by atomic mass is 32.1. The molecule has 1 aromatic heterocycles. The number of nitrogens with zero attached hydrogens (tertiary/aromatic N) is 2. The van der Waals surface area contributed by atoms with Crippen molar-refractivity contribution in [2.45, 2.75) is 26.4 Å². The third kappa shape index (κ3) is 2.77. The number of aromatic nitrogens is 1. The number of ether oxygens (including phenoxy) is 1. The first-order valence-corrected chi connectivity index (χ1v) is 6.43. The monoisotopic (exact) mass is 226 g/mol. The smallest absolute Gasteiger partial charge is 0.123 e. The van der Waals surface area contributed by atoms with Crippen molar-refractivity contribution >= 4 is 11.3 Å². The second kappa shape index (κ2) is 5.05. The minimum Gasteiger partial charge on any atom is -0.368 e. The largest absolute Gasteiger partial charge is 0.368 e. The first kappa shape index (κ1) is 11.0. The molecule has 1 fully saturated rings. The van der Waals surface area contributed by atoms with Crippen molar-refractivity contribution in [2.24, 2.45) is 0 Å². The molecule has 0 radical (unpaired) electrons. The number of aryl methyl sites for hydroxylation is 1. The van der Waals surface area contributed by atoms with E-state index < -0.39 is 0 Å². The van der Waals surface area contributed by atoms with Gasteiger partial charge in [0.1, 0.15) is 11.1 Å². The number of hydrogen-bond donors (Lipinski definition) is 0. The molecule has 0 N–H and O–H groups in total. The molecule has 2 heterocycles.